The van der Waals surface area contributed by atoms with Crippen LogP contribution in [0.4, 0.5) is 0 Å². The molecule has 0 aliphatic carbocycles. The van der Waals surface area contributed by atoms with Gasteiger partial charge in [0.2, 0.25) is 0 Å². The first-order chi connectivity index (χ1) is 8.98. The first kappa shape index (κ1) is 20.0. The van der Waals surface area contributed by atoms with Crippen molar-refractivity contribution in [1.82, 2.24) is 0 Å². The lowest BCUT2D eigenvalue weighted by Crippen LogP contribution is -2.39. The van der Waals surface area contributed by atoms with Gasteiger partial charge in [0.15, 0.2) is 0 Å². The highest BCUT2D eigenvalue weighted by molar-refractivity contribution is 4.88. The van der Waals surface area contributed by atoms with Crippen molar-refractivity contribution in [2.45, 2.75) is 82.6 Å². The normalized spacial score (nSPS) is 22.2. The summed E-state index contributed by atoms with van der Waals surface area (Å²) < 4.78 is 0. The van der Waals surface area contributed by atoms with Gasteiger partial charge >= 0.3 is 0 Å². The molecule has 0 bridgehead atoms. The maximum Gasteiger partial charge on any atom is -0.0298 e. The summed E-state index contributed by atoms with van der Waals surface area (Å²) in [7, 11) is 0. The Bertz CT molecular complexity index is 263. The fraction of sp³-hybridized carbons (Fsp3) is 1.00. The fourth-order valence-corrected chi connectivity index (χ4v) is 3.69. The zero-order valence-corrected chi connectivity index (χ0v) is 16.2. The van der Waals surface area contributed by atoms with E-state index in [0.29, 0.717) is 5.41 Å². The summed E-state index contributed by atoms with van der Waals surface area (Å²) in [5.41, 5.74) is 0.408. The monoisotopic (exact) mass is 282 g/mol. The van der Waals surface area contributed by atoms with E-state index >= 15 is 0 Å². The molecule has 0 saturated heterocycles. The predicted molar refractivity (Wildman–Crippen MR) is 93.9 cm³/mol. The molecule has 0 nitrogen and oxygen atoms in total. The summed E-state index contributed by atoms with van der Waals surface area (Å²) in [5, 5.41) is 0. The Balaban J connectivity index is 5.00. The first-order valence-corrected chi connectivity index (χ1v) is 8.98. The van der Waals surface area contributed by atoms with Crippen LogP contribution in [0.1, 0.15) is 82.6 Å². The van der Waals surface area contributed by atoms with Gasteiger partial charge < -0.3 is 0 Å². The van der Waals surface area contributed by atoms with Gasteiger partial charge in [-0.1, -0.05) is 82.6 Å². The van der Waals surface area contributed by atoms with Crippen molar-refractivity contribution in [3.8, 4) is 0 Å². The molecule has 0 spiro atoms. The Morgan fingerprint density at radius 1 is 0.650 bits per heavy atom. The second-order valence-corrected chi connectivity index (χ2v) is 8.61. The van der Waals surface area contributed by atoms with Crippen LogP contribution in [-0.2, 0) is 0 Å². The Morgan fingerprint density at radius 3 is 1.40 bits per heavy atom. The van der Waals surface area contributed by atoms with Gasteiger partial charge in [0.25, 0.3) is 0 Å². The zero-order chi connectivity index (χ0) is 16.2. The predicted octanol–water partition coefficient (Wildman–Crippen LogP) is 6.90. The molecule has 0 rings (SSSR count). The maximum atomic E-state index is 2.50. The molecule has 0 saturated carbocycles. The van der Waals surface area contributed by atoms with Crippen molar-refractivity contribution >= 4 is 0 Å². The second-order valence-electron chi connectivity index (χ2n) is 8.61. The van der Waals surface area contributed by atoms with Crippen LogP contribution in [0.2, 0.25) is 0 Å². The second kappa shape index (κ2) is 7.85. The molecule has 0 aromatic carbocycles. The molecule has 0 aliphatic rings. The van der Waals surface area contributed by atoms with Crippen LogP contribution >= 0.6 is 0 Å². The van der Waals surface area contributed by atoms with Crippen LogP contribution in [0.15, 0.2) is 0 Å². The molecular formula is C20H42. The van der Waals surface area contributed by atoms with Crippen LogP contribution in [0, 0.1) is 46.8 Å². The summed E-state index contributed by atoms with van der Waals surface area (Å²) in [6.45, 7) is 26.8. The lowest BCUT2D eigenvalue weighted by atomic mass is 9.59. The molecule has 0 fully saturated rings. The first-order valence-electron chi connectivity index (χ1n) is 8.98. The van der Waals surface area contributed by atoms with Crippen LogP contribution in [-0.4, -0.2) is 0 Å². The Kier molecular flexibility index (Phi) is 7.85. The highest BCUT2D eigenvalue weighted by Crippen LogP contribution is 2.46. The average Bonchev–Trinajstić information content (AvgIpc) is 2.41. The van der Waals surface area contributed by atoms with E-state index in [1.165, 1.54) is 6.42 Å². The molecular weight excluding hydrogens is 240 g/mol. The summed E-state index contributed by atoms with van der Waals surface area (Å²) in [5.74, 6) is 5.54. The standard InChI is InChI=1S/C20H42/c1-12-14(4)16(6)17(7)19(9)20(10,11)18(8)15(5)13(2)3/h13-19H,12H2,1-11H3. The molecule has 6 unspecified atom stereocenters. The summed E-state index contributed by atoms with van der Waals surface area (Å²) in [6, 6.07) is 0. The van der Waals surface area contributed by atoms with E-state index < -0.39 is 0 Å². The van der Waals surface area contributed by atoms with Gasteiger partial charge in [0.05, 0.1) is 0 Å². The Morgan fingerprint density at radius 2 is 1.05 bits per heavy atom. The number of hydrogen-bond acceptors (Lipinski definition) is 0. The van der Waals surface area contributed by atoms with Gasteiger partial charge in [0, 0.05) is 0 Å². The Hall–Kier alpha value is 0. The van der Waals surface area contributed by atoms with Gasteiger partial charge in [-0.2, -0.15) is 0 Å². The third kappa shape index (κ3) is 4.50. The highest BCUT2D eigenvalue weighted by Gasteiger charge is 2.39. The van der Waals surface area contributed by atoms with Crippen LogP contribution in [0.25, 0.3) is 0 Å². The fourth-order valence-electron chi connectivity index (χ4n) is 3.69. The molecule has 122 valence electrons. The SMILES string of the molecule is CCC(C)C(C)C(C)C(C)C(C)(C)C(C)C(C)C(C)C. The molecule has 0 aliphatic heterocycles. The van der Waals surface area contributed by atoms with Gasteiger partial charge in [-0.05, 0) is 46.8 Å². The maximum absolute atomic E-state index is 2.50. The quantitative estimate of drug-likeness (QED) is 0.454. The number of rotatable bonds is 8. The lowest BCUT2D eigenvalue weighted by Gasteiger charge is -2.46. The molecule has 0 N–H and O–H groups in total. The van der Waals surface area contributed by atoms with Gasteiger partial charge in [-0.15, -0.1) is 0 Å². The van der Waals surface area contributed by atoms with Crippen LogP contribution < -0.4 is 0 Å². The molecule has 0 aromatic rings. The van der Waals surface area contributed by atoms with Crippen molar-refractivity contribution in [3.63, 3.8) is 0 Å². The van der Waals surface area contributed by atoms with Crippen molar-refractivity contribution in [2.24, 2.45) is 46.8 Å². The molecule has 0 radical (unpaired) electrons. The summed E-state index contributed by atoms with van der Waals surface area (Å²) in [6.07, 6.45) is 1.30. The molecule has 6 atom stereocenters. The Labute approximate surface area is 130 Å². The molecule has 20 heavy (non-hydrogen) atoms. The molecule has 0 heteroatoms. The van der Waals surface area contributed by atoms with Crippen molar-refractivity contribution < 1.29 is 0 Å². The van der Waals surface area contributed by atoms with E-state index in [9.17, 15) is 0 Å². The minimum atomic E-state index is 0.408. The van der Waals surface area contributed by atoms with Crippen LogP contribution in [0.3, 0.4) is 0 Å². The molecule has 0 aromatic heterocycles. The van der Waals surface area contributed by atoms with Gasteiger partial charge in [-0.3, -0.25) is 0 Å². The smallest absolute Gasteiger partial charge is 0.0298 e. The third-order valence-electron chi connectivity index (χ3n) is 7.35. The zero-order valence-electron chi connectivity index (χ0n) is 16.2. The van der Waals surface area contributed by atoms with E-state index in [0.717, 1.165) is 41.4 Å². The van der Waals surface area contributed by atoms with Gasteiger partial charge in [-0.25, -0.2) is 0 Å². The lowest BCUT2D eigenvalue weighted by molar-refractivity contribution is 0.0252. The van der Waals surface area contributed by atoms with E-state index in [1.54, 1.807) is 0 Å². The topological polar surface area (TPSA) is 0 Å². The van der Waals surface area contributed by atoms with E-state index in [4.69, 9.17) is 0 Å². The van der Waals surface area contributed by atoms with E-state index in [2.05, 4.69) is 76.2 Å². The minimum absolute atomic E-state index is 0.408. The van der Waals surface area contributed by atoms with Crippen molar-refractivity contribution in [2.75, 3.05) is 0 Å². The number of hydrogen-bond donors (Lipinski definition) is 0. The summed E-state index contributed by atoms with van der Waals surface area (Å²) in [4.78, 5) is 0. The summed E-state index contributed by atoms with van der Waals surface area (Å²) >= 11 is 0. The van der Waals surface area contributed by atoms with Crippen LogP contribution in [0.5, 0.6) is 0 Å². The third-order valence-corrected chi connectivity index (χ3v) is 7.35. The van der Waals surface area contributed by atoms with E-state index in [1.807, 2.05) is 0 Å². The largest absolute Gasteiger partial charge is 0.0651 e. The van der Waals surface area contributed by atoms with E-state index in [-0.39, 0.29) is 0 Å². The van der Waals surface area contributed by atoms with Crippen molar-refractivity contribution in [1.29, 1.82) is 0 Å². The molecule has 0 heterocycles. The average molecular weight is 283 g/mol. The highest BCUT2D eigenvalue weighted by atomic mass is 14.4. The van der Waals surface area contributed by atoms with Crippen molar-refractivity contribution in [3.05, 3.63) is 0 Å². The molecule has 0 amide bonds. The minimum Gasteiger partial charge on any atom is -0.0651 e. The van der Waals surface area contributed by atoms with Gasteiger partial charge in [0.1, 0.15) is 0 Å².